The molecular weight excluding hydrogens is 326 g/mol. The van der Waals surface area contributed by atoms with Crippen molar-refractivity contribution in [3.05, 3.63) is 40.9 Å². The van der Waals surface area contributed by atoms with Gasteiger partial charge in [-0.15, -0.1) is 0 Å². The number of benzene rings is 2. The van der Waals surface area contributed by atoms with Crippen LogP contribution in [0, 0.1) is 11.3 Å². The lowest BCUT2D eigenvalue weighted by molar-refractivity contribution is -0.122. The van der Waals surface area contributed by atoms with Gasteiger partial charge in [-0.25, -0.2) is 0 Å². The van der Waals surface area contributed by atoms with Crippen LogP contribution in [0.15, 0.2) is 40.9 Å². The lowest BCUT2D eigenvalue weighted by Gasteiger charge is -2.25. The SMILES string of the molecule is CC1(C)CCCC1C(=O)Nc1ccc2cc(Br)ccc2c1. The van der Waals surface area contributed by atoms with Crippen LogP contribution in [-0.2, 0) is 4.79 Å². The molecule has 0 aromatic heterocycles. The Bertz CT molecular complexity index is 693. The fraction of sp³-hybridized carbons (Fsp3) is 0.389. The van der Waals surface area contributed by atoms with Gasteiger partial charge in [0.2, 0.25) is 5.91 Å². The molecule has 0 saturated heterocycles. The van der Waals surface area contributed by atoms with Crippen LogP contribution in [-0.4, -0.2) is 5.91 Å². The van der Waals surface area contributed by atoms with Gasteiger partial charge in [0.15, 0.2) is 0 Å². The van der Waals surface area contributed by atoms with E-state index in [1.54, 1.807) is 0 Å². The zero-order valence-electron chi connectivity index (χ0n) is 12.4. The second-order valence-corrected chi connectivity index (χ2v) is 7.54. The summed E-state index contributed by atoms with van der Waals surface area (Å²) in [6.45, 7) is 4.39. The number of hydrogen-bond acceptors (Lipinski definition) is 1. The van der Waals surface area contributed by atoms with Gasteiger partial charge in [-0.2, -0.15) is 0 Å². The monoisotopic (exact) mass is 345 g/mol. The summed E-state index contributed by atoms with van der Waals surface area (Å²) in [6, 6.07) is 12.2. The number of anilines is 1. The van der Waals surface area contributed by atoms with Crippen molar-refractivity contribution < 1.29 is 4.79 Å². The van der Waals surface area contributed by atoms with Crippen LogP contribution in [0.25, 0.3) is 10.8 Å². The minimum atomic E-state index is 0.117. The highest BCUT2D eigenvalue weighted by atomic mass is 79.9. The van der Waals surface area contributed by atoms with E-state index in [0.717, 1.165) is 34.8 Å². The fourth-order valence-electron chi connectivity index (χ4n) is 3.34. The Balaban J connectivity index is 1.81. The van der Waals surface area contributed by atoms with Crippen LogP contribution >= 0.6 is 15.9 Å². The molecule has 0 heterocycles. The number of carbonyl (C=O) groups is 1. The van der Waals surface area contributed by atoms with Crippen molar-refractivity contribution in [2.75, 3.05) is 5.32 Å². The van der Waals surface area contributed by atoms with Crippen LogP contribution < -0.4 is 5.32 Å². The molecule has 2 aromatic carbocycles. The summed E-state index contributed by atoms with van der Waals surface area (Å²) in [5.74, 6) is 0.284. The maximum absolute atomic E-state index is 12.5. The summed E-state index contributed by atoms with van der Waals surface area (Å²) in [5, 5.41) is 5.41. The molecule has 1 saturated carbocycles. The number of nitrogens with one attached hydrogen (secondary N) is 1. The van der Waals surface area contributed by atoms with Crippen molar-refractivity contribution in [2.45, 2.75) is 33.1 Å². The molecule has 3 rings (SSSR count). The van der Waals surface area contributed by atoms with E-state index in [-0.39, 0.29) is 17.2 Å². The van der Waals surface area contributed by atoms with Crippen LogP contribution in [0.1, 0.15) is 33.1 Å². The number of halogens is 1. The van der Waals surface area contributed by atoms with Crippen molar-refractivity contribution in [3.63, 3.8) is 0 Å². The summed E-state index contributed by atoms with van der Waals surface area (Å²) < 4.78 is 1.07. The maximum atomic E-state index is 12.5. The zero-order valence-corrected chi connectivity index (χ0v) is 14.0. The second kappa shape index (κ2) is 5.45. The molecule has 1 unspecified atom stereocenters. The Hall–Kier alpha value is -1.35. The third kappa shape index (κ3) is 2.98. The molecule has 1 amide bonds. The van der Waals surface area contributed by atoms with Crippen molar-refractivity contribution in [2.24, 2.45) is 11.3 Å². The molecule has 1 fully saturated rings. The molecule has 21 heavy (non-hydrogen) atoms. The third-order valence-corrected chi connectivity index (χ3v) is 5.14. The first kappa shape index (κ1) is 14.6. The van der Waals surface area contributed by atoms with Crippen molar-refractivity contribution in [3.8, 4) is 0 Å². The molecule has 1 aliphatic carbocycles. The minimum absolute atomic E-state index is 0.117. The predicted molar refractivity (Wildman–Crippen MR) is 91.4 cm³/mol. The largest absolute Gasteiger partial charge is 0.326 e. The third-order valence-electron chi connectivity index (χ3n) is 4.64. The molecular formula is C18H20BrNO. The zero-order chi connectivity index (χ0) is 15.0. The second-order valence-electron chi connectivity index (χ2n) is 6.63. The molecule has 2 nitrogen and oxygen atoms in total. The van der Waals surface area contributed by atoms with Gasteiger partial charge in [0, 0.05) is 16.1 Å². The summed E-state index contributed by atoms with van der Waals surface area (Å²) in [4.78, 5) is 12.5. The van der Waals surface area contributed by atoms with E-state index in [1.165, 1.54) is 5.39 Å². The van der Waals surface area contributed by atoms with E-state index in [0.29, 0.717) is 0 Å². The fourth-order valence-corrected chi connectivity index (χ4v) is 3.72. The lowest BCUT2D eigenvalue weighted by atomic mass is 9.81. The number of hydrogen-bond donors (Lipinski definition) is 1. The van der Waals surface area contributed by atoms with E-state index in [1.807, 2.05) is 18.2 Å². The Labute approximate surface area is 134 Å². The summed E-state index contributed by atoms with van der Waals surface area (Å²) in [7, 11) is 0. The lowest BCUT2D eigenvalue weighted by Crippen LogP contribution is -2.30. The van der Waals surface area contributed by atoms with Crippen molar-refractivity contribution in [1.82, 2.24) is 0 Å². The Morgan fingerprint density at radius 3 is 2.62 bits per heavy atom. The molecule has 1 aliphatic rings. The summed E-state index contributed by atoms with van der Waals surface area (Å²) in [5.41, 5.74) is 1.00. The minimum Gasteiger partial charge on any atom is -0.326 e. The molecule has 0 bridgehead atoms. The number of amides is 1. The molecule has 110 valence electrons. The first-order valence-corrected chi connectivity index (χ1v) is 8.25. The first-order chi connectivity index (χ1) is 9.95. The molecule has 0 radical (unpaired) electrons. The van der Waals surface area contributed by atoms with Gasteiger partial charge in [0.25, 0.3) is 0 Å². The maximum Gasteiger partial charge on any atom is 0.228 e. The molecule has 1 atom stereocenters. The van der Waals surface area contributed by atoms with Crippen LogP contribution in [0.5, 0.6) is 0 Å². The summed E-state index contributed by atoms with van der Waals surface area (Å²) in [6.07, 6.45) is 3.28. The average molecular weight is 346 g/mol. The van der Waals surface area contributed by atoms with Gasteiger partial charge in [-0.05, 0) is 53.3 Å². The highest BCUT2D eigenvalue weighted by Gasteiger charge is 2.39. The standard InChI is InChI=1S/C18H20BrNO/c1-18(2)9-3-4-16(18)17(21)20-15-8-6-12-10-14(19)7-5-13(12)11-15/h5-8,10-11,16H,3-4,9H2,1-2H3,(H,20,21). The molecule has 1 N–H and O–H groups in total. The number of rotatable bonds is 2. The van der Waals surface area contributed by atoms with Gasteiger partial charge in [0.05, 0.1) is 0 Å². The van der Waals surface area contributed by atoms with Crippen LogP contribution in [0.4, 0.5) is 5.69 Å². The Morgan fingerprint density at radius 2 is 1.90 bits per heavy atom. The van der Waals surface area contributed by atoms with E-state index < -0.39 is 0 Å². The average Bonchev–Trinajstić information content (AvgIpc) is 2.78. The Morgan fingerprint density at radius 1 is 1.19 bits per heavy atom. The van der Waals surface area contributed by atoms with Crippen molar-refractivity contribution >= 4 is 38.3 Å². The highest BCUT2D eigenvalue weighted by Crippen LogP contribution is 2.43. The number of carbonyl (C=O) groups excluding carboxylic acids is 1. The molecule has 0 aliphatic heterocycles. The van der Waals surface area contributed by atoms with Gasteiger partial charge in [-0.1, -0.05) is 48.3 Å². The quantitative estimate of drug-likeness (QED) is 0.778. The van der Waals surface area contributed by atoms with Gasteiger partial charge >= 0.3 is 0 Å². The number of fused-ring (bicyclic) bond motifs is 1. The summed E-state index contributed by atoms with van der Waals surface area (Å²) >= 11 is 3.48. The van der Waals surface area contributed by atoms with Gasteiger partial charge in [0.1, 0.15) is 0 Å². The topological polar surface area (TPSA) is 29.1 Å². The van der Waals surface area contributed by atoms with Crippen LogP contribution in [0.3, 0.4) is 0 Å². The van der Waals surface area contributed by atoms with Crippen LogP contribution in [0.2, 0.25) is 0 Å². The van der Waals surface area contributed by atoms with Gasteiger partial charge in [-0.3, -0.25) is 4.79 Å². The van der Waals surface area contributed by atoms with Gasteiger partial charge < -0.3 is 5.32 Å². The van der Waals surface area contributed by atoms with E-state index >= 15 is 0 Å². The normalized spacial score (nSPS) is 20.6. The van der Waals surface area contributed by atoms with E-state index in [4.69, 9.17) is 0 Å². The van der Waals surface area contributed by atoms with E-state index in [2.05, 4.69) is 53.3 Å². The van der Waals surface area contributed by atoms with E-state index in [9.17, 15) is 4.79 Å². The molecule has 2 aromatic rings. The predicted octanol–water partition coefficient (Wildman–Crippen LogP) is 5.37. The molecule has 0 spiro atoms. The highest BCUT2D eigenvalue weighted by molar-refractivity contribution is 9.10. The smallest absolute Gasteiger partial charge is 0.228 e. The Kier molecular flexibility index (Phi) is 3.78. The first-order valence-electron chi connectivity index (χ1n) is 7.46. The van der Waals surface area contributed by atoms with Crippen molar-refractivity contribution in [1.29, 1.82) is 0 Å². The molecule has 3 heteroatoms.